The maximum atomic E-state index is 11.5. The number of hydrogen-bond donors (Lipinski definition) is 0. The zero-order valence-electron chi connectivity index (χ0n) is 7.75. The van der Waals surface area contributed by atoms with Gasteiger partial charge < -0.3 is 0 Å². The van der Waals surface area contributed by atoms with Gasteiger partial charge in [0, 0.05) is 28.4 Å². The van der Waals surface area contributed by atoms with Crippen molar-refractivity contribution in [3.63, 3.8) is 0 Å². The molecular formula is C9H16NO2+. The number of carbonyl (C=O) groups excluding carboxylic acids is 1. The van der Waals surface area contributed by atoms with Gasteiger partial charge in [0.25, 0.3) is 6.04 Å². The average molecular weight is 170 g/mol. The molecule has 3 nitrogen and oxygen atoms in total. The Morgan fingerprint density at radius 1 is 1.67 bits per heavy atom. The van der Waals surface area contributed by atoms with Crippen molar-refractivity contribution in [1.82, 2.24) is 0 Å². The molecule has 0 bridgehead atoms. The third-order valence-corrected chi connectivity index (χ3v) is 2.63. The van der Waals surface area contributed by atoms with E-state index in [0.29, 0.717) is 6.54 Å². The molecule has 1 saturated heterocycles. The van der Waals surface area contributed by atoms with Crippen LogP contribution in [0.15, 0.2) is 0 Å². The van der Waals surface area contributed by atoms with E-state index in [1.54, 1.807) is 0 Å². The lowest BCUT2D eigenvalue weighted by molar-refractivity contribution is -0.551. The molecule has 68 valence electrons. The lowest BCUT2D eigenvalue weighted by Crippen LogP contribution is -2.31. The highest BCUT2D eigenvalue weighted by molar-refractivity contribution is 5.84. The van der Waals surface area contributed by atoms with Gasteiger partial charge in [0.1, 0.15) is 0 Å². The molecule has 1 rings (SSSR count). The summed E-state index contributed by atoms with van der Waals surface area (Å²) in [6.45, 7) is 4.41. The predicted molar refractivity (Wildman–Crippen MR) is 46.0 cm³/mol. The van der Waals surface area contributed by atoms with Gasteiger partial charge in [0.15, 0.2) is 6.54 Å². The van der Waals surface area contributed by atoms with Gasteiger partial charge in [-0.2, -0.15) is 0 Å². The van der Waals surface area contributed by atoms with Crippen LogP contribution in [0.4, 0.5) is 0 Å². The number of nitrogens with zero attached hydrogens (tertiary/aromatic N) is 1. The molecule has 0 aromatic rings. The Hall–Kier alpha value is -0.730. The summed E-state index contributed by atoms with van der Waals surface area (Å²) in [5, 5.41) is 0. The second-order valence-corrected chi connectivity index (χ2v) is 3.51. The molecule has 1 heterocycles. The van der Waals surface area contributed by atoms with Crippen LogP contribution in [0.25, 0.3) is 0 Å². The maximum Gasteiger partial charge on any atom is 0.259 e. The van der Waals surface area contributed by atoms with E-state index in [4.69, 9.17) is 0 Å². The standard InChI is InChI=1S/C9H16NO2/c1-3-7(2)9(11)8-5-4-6-10(8)12/h7-8H,3-6H2,1-2H3/q+1. The summed E-state index contributed by atoms with van der Waals surface area (Å²) < 4.78 is 0.939. The molecule has 0 radical (unpaired) electrons. The van der Waals surface area contributed by atoms with Crippen LogP contribution in [-0.4, -0.2) is 23.1 Å². The van der Waals surface area contributed by atoms with E-state index in [9.17, 15) is 9.70 Å². The summed E-state index contributed by atoms with van der Waals surface area (Å²) in [4.78, 5) is 22.7. The van der Waals surface area contributed by atoms with Crippen molar-refractivity contribution in [3.8, 4) is 0 Å². The molecule has 0 aliphatic carbocycles. The van der Waals surface area contributed by atoms with E-state index in [-0.39, 0.29) is 17.7 Å². The third kappa shape index (κ3) is 1.71. The molecule has 0 aromatic carbocycles. The van der Waals surface area contributed by atoms with Crippen molar-refractivity contribution >= 4 is 5.78 Å². The fourth-order valence-electron chi connectivity index (χ4n) is 1.55. The van der Waals surface area contributed by atoms with E-state index in [1.807, 2.05) is 13.8 Å². The number of carbonyl (C=O) groups is 1. The quantitative estimate of drug-likeness (QED) is 0.602. The van der Waals surface area contributed by atoms with E-state index in [0.717, 1.165) is 24.0 Å². The minimum Gasteiger partial charge on any atom is -0.292 e. The zero-order chi connectivity index (χ0) is 9.14. The SMILES string of the molecule is CCC(C)C(=O)C1CCC[N+]1=O. The molecule has 3 heteroatoms. The van der Waals surface area contributed by atoms with E-state index in [2.05, 4.69) is 0 Å². The molecule has 2 unspecified atom stereocenters. The van der Waals surface area contributed by atoms with Crippen LogP contribution in [0.5, 0.6) is 0 Å². The second-order valence-electron chi connectivity index (χ2n) is 3.51. The first-order valence-corrected chi connectivity index (χ1v) is 4.64. The van der Waals surface area contributed by atoms with Crippen LogP contribution in [0.2, 0.25) is 0 Å². The summed E-state index contributed by atoms with van der Waals surface area (Å²) in [6.07, 6.45) is 2.46. The Morgan fingerprint density at radius 2 is 2.33 bits per heavy atom. The Morgan fingerprint density at radius 3 is 2.75 bits per heavy atom. The van der Waals surface area contributed by atoms with E-state index in [1.165, 1.54) is 0 Å². The van der Waals surface area contributed by atoms with Crippen molar-refractivity contribution in [2.75, 3.05) is 6.54 Å². The summed E-state index contributed by atoms with van der Waals surface area (Å²) in [5.41, 5.74) is 0. The topological polar surface area (TPSA) is 37.1 Å². The van der Waals surface area contributed by atoms with Gasteiger partial charge in [-0.15, -0.1) is 0 Å². The smallest absolute Gasteiger partial charge is 0.259 e. The first-order chi connectivity index (χ1) is 5.66. The second kappa shape index (κ2) is 3.78. The van der Waals surface area contributed by atoms with Crippen LogP contribution >= 0.6 is 0 Å². The van der Waals surface area contributed by atoms with Crippen LogP contribution in [0, 0.1) is 10.8 Å². The molecule has 1 fully saturated rings. The maximum absolute atomic E-state index is 11.5. The first-order valence-electron chi connectivity index (χ1n) is 4.64. The highest BCUT2D eigenvalue weighted by Gasteiger charge is 2.39. The Kier molecular flexibility index (Phi) is 2.95. The number of rotatable bonds is 3. The van der Waals surface area contributed by atoms with Gasteiger partial charge in [-0.25, -0.2) is 0 Å². The van der Waals surface area contributed by atoms with Gasteiger partial charge in [0.2, 0.25) is 5.78 Å². The van der Waals surface area contributed by atoms with Gasteiger partial charge in [-0.3, -0.25) is 4.79 Å². The summed E-state index contributed by atoms with van der Waals surface area (Å²) in [7, 11) is 0. The van der Waals surface area contributed by atoms with Gasteiger partial charge in [-0.1, -0.05) is 13.8 Å². The molecular weight excluding hydrogens is 154 g/mol. The fourth-order valence-corrected chi connectivity index (χ4v) is 1.55. The number of nitroso groups, excluding NO2 is 1. The van der Waals surface area contributed by atoms with Crippen molar-refractivity contribution in [2.45, 2.75) is 39.2 Å². The molecule has 1 aliphatic heterocycles. The summed E-state index contributed by atoms with van der Waals surface area (Å²) in [6, 6.07) is -0.333. The molecule has 2 atom stereocenters. The number of hydrogen-bond acceptors (Lipinski definition) is 2. The third-order valence-electron chi connectivity index (χ3n) is 2.63. The lowest BCUT2D eigenvalue weighted by atomic mass is 9.97. The first kappa shape index (κ1) is 9.36. The van der Waals surface area contributed by atoms with Crippen LogP contribution < -0.4 is 0 Å². The highest BCUT2D eigenvalue weighted by atomic mass is 16.3. The van der Waals surface area contributed by atoms with Crippen LogP contribution in [-0.2, 0) is 4.79 Å². The molecule has 12 heavy (non-hydrogen) atoms. The molecule has 0 saturated carbocycles. The molecule has 1 aliphatic rings. The fraction of sp³-hybridized carbons (Fsp3) is 0.889. The van der Waals surface area contributed by atoms with Crippen molar-refractivity contribution in [2.24, 2.45) is 5.92 Å². The zero-order valence-corrected chi connectivity index (χ0v) is 7.75. The highest BCUT2D eigenvalue weighted by Crippen LogP contribution is 2.17. The minimum absolute atomic E-state index is 0.0459. The number of ketones is 1. The Balaban J connectivity index is 2.57. The van der Waals surface area contributed by atoms with Gasteiger partial charge in [-0.05, 0) is 6.42 Å². The Labute approximate surface area is 72.7 Å². The van der Waals surface area contributed by atoms with Gasteiger partial charge in [0.05, 0.1) is 0 Å². The van der Waals surface area contributed by atoms with E-state index < -0.39 is 0 Å². The molecule has 0 amide bonds. The van der Waals surface area contributed by atoms with Gasteiger partial charge >= 0.3 is 0 Å². The normalized spacial score (nSPS) is 25.8. The van der Waals surface area contributed by atoms with E-state index >= 15 is 0 Å². The van der Waals surface area contributed by atoms with Crippen LogP contribution in [0.1, 0.15) is 33.1 Å². The van der Waals surface area contributed by atoms with Crippen molar-refractivity contribution < 1.29 is 9.55 Å². The molecule has 0 N–H and O–H groups in total. The predicted octanol–water partition coefficient (Wildman–Crippen LogP) is 1.54. The largest absolute Gasteiger partial charge is 0.292 e. The Bertz CT molecular complexity index is 201. The molecule has 0 spiro atoms. The van der Waals surface area contributed by atoms with Crippen LogP contribution in [0.3, 0.4) is 0 Å². The average Bonchev–Trinajstić information content (AvgIpc) is 2.48. The summed E-state index contributed by atoms with van der Waals surface area (Å²) in [5.74, 6) is 0.176. The minimum atomic E-state index is -0.333. The summed E-state index contributed by atoms with van der Waals surface area (Å²) >= 11 is 0. The lowest BCUT2D eigenvalue weighted by Gasteiger charge is -2.06. The monoisotopic (exact) mass is 170 g/mol. The number of Topliss-reactive ketones (excluding diaryl/α,β-unsaturated/α-hetero) is 1. The molecule has 0 aromatic heterocycles. The van der Waals surface area contributed by atoms with Crippen molar-refractivity contribution in [1.29, 1.82) is 0 Å². The van der Waals surface area contributed by atoms with Crippen molar-refractivity contribution in [3.05, 3.63) is 4.91 Å².